The van der Waals surface area contributed by atoms with Crippen LogP contribution in [0.1, 0.15) is 73.8 Å². The molecule has 2 aromatic carbocycles. The van der Waals surface area contributed by atoms with Crippen molar-refractivity contribution in [2.75, 3.05) is 0 Å². The van der Waals surface area contributed by atoms with Crippen LogP contribution in [0.2, 0.25) is 0 Å². The van der Waals surface area contributed by atoms with E-state index in [1.165, 1.54) is 0 Å². The molecule has 3 N–H and O–H groups in total. The van der Waals surface area contributed by atoms with Gasteiger partial charge in [0, 0.05) is 34.6 Å². The van der Waals surface area contributed by atoms with E-state index >= 15 is 0 Å². The molecule has 7 heteroatoms. The molecule has 3 amide bonds. The normalized spacial score (nSPS) is 20.0. The van der Waals surface area contributed by atoms with Crippen LogP contribution in [0.25, 0.3) is 10.9 Å². The first-order valence-corrected chi connectivity index (χ1v) is 12.9. The molecule has 2 aliphatic heterocycles. The Kier molecular flexibility index (Phi) is 6.33. The van der Waals surface area contributed by atoms with Crippen LogP contribution in [0, 0.1) is 5.92 Å². The number of para-hydroxylation sites is 1. The Morgan fingerprint density at radius 2 is 1.78 bits per heavy atom. The van der Waals surface area contributed by atoms with Gasteiger partial charge in [-0.2, -0.15) is 0 Å². The molecule has 0 aliphatic carbocycles. The van der Waals surface area contributed by atoms with Crippen molar-refractivity contribution in [2.45, 2.75) is 71.1 Å². The zero-order valence-corrected chi connectivity index (χ0v) is 21.3. The highest BCUT2D eigenvalue weighted by atomic mass is 16.2. The largest absolute Gasteiger partial charge is 0.356 e. The summed E-state index contributed by atoms with van der Waals surface area (Å²) in [5, 5.41) is 7.10. The van der Waals surface area contributed by atoms with E-state index in [2.05, 4.69) is 21.7 Å². The van der Waals surface area contributed by atoms with E-state index < -0.39 is 12.1 Å². The summed E-state index contributed by atoms with van der Waals surface area (Å²) in [7, 11) is 0. The van der Waals surface area contributed by atoms with E-state index in [-0.39, 0.29) is 35.7 Å². The zero-order valence-electron chi connectivity index (χ0n) is 21.3. The van der Waals surface area contributed by atoms with Crippen molar-refractivity contribution in [1.29, 1.82) is 0 Å². The Morgan fingerprint density at radius 3 is 2.53 bits per heavy atom. The summed E-state index contributed by atoms with van der Waals surface area (Å²) >= 11 is 0. The first kappa shape index (κ1) is 24.1. The Bertz CT molecular complexity index is 1330. The van der Waals surface area contributed by atoms with E-state index in [9.17, 15) is 14.4 Å². The van der Waals surface area contributed by atoms with Crippen molar-refractivity contribution >= 4 is 28.6 Å². The van der Waals surface area contributed by atoms with Crippen molar-refractivity contribution < 1.29 is 14.4 Å². The number of H-pyrrole nitrogens is 1. The number of hydrogen-bond donors (Lipinski definition) is 3. The minimum Gasteiger partial charge on any atom is -0.356 e. The number of aromatic nitrogens is 1. The molecule has 188 valence electrons. The molecule has 0 saturated carbocycles. The number of nitrogens with one attached hydrogen (secondary N) is 3. The van der Waals surface area contributed by atoms with Gasteiger partial charge in [0.1, 0.15) is 12.1 Å². The monoisotopic (exact) mass is 486 g/mol. The summed E-state index contributed by atoms with van der Waals surface area (Å²) < 4.78 is 0. The molecule has 5 rings (SSSR count). The minimum atomic E-state index is -0.715. The third-order valence-electron chi connectivity index (χ3n) is 7.50. The highest BCUT2D eigenvalue weighted by molar-refractivity contribution is 6.04. The second-order valence-electron chi connectivity index (χ2n) is 10.5. The Morgan fingerprint density at radius 1 is 1.06 bits per heavy atom. The number of carbonyl (C=O) groups is 3. The minimum absolute atomic E-state index is 0.0200. The van der Waals surface area contributed by atoms with Gasteiger partial charge in [-0.3, -0.25) is 14.4 Å². The van der Waals surface area contributed by atoms with Gasteiger partial charge in [-0.1, -0.05) is 57.2 Å². The van der Waals surface area contributed by atoms with Gasteiger partial charge in [0.2, 0.25) is 11.8 Å². The summed E-state index contributed by atoms with van der Waals surface area (Å²) in [5.74, 6) is -0.399. The first-order valence-electron chi connectivity index (χ1n) is 12.9. The maximum atomic E-state index is 13.9. The predicted molar refractivity (Wildman–Crippen MR) is 140 cm³/mol. The maximum Gasteiger partial charge on any atom is 0.255 e. The van der Waals surface area contributed by atoms with Crippen LogP contribution < -0.4 is 10.6 Å². The van der Waals surface area contributed by atoms with Gasteiger partial charge in [0.15, 0.2) is 0 Å². The van der Waals surface area contributed by atoms with E-state index in [4.69, 9.17) is 0 Å². The molecule has 3 aromatic rings. The number of aromatic amines is 1. The van der Waals surface area contributed by atoms with Gasteiger partial charge >= 0.3 is 0 Å². The number of benzene rings is 2. The summed E-state index contributed by atoms with van der Waals surface area (Å²) in [4.78, 5) is 45.8. The van der Waals surface area contributed by atoms with Crippen molar-refractivity contribution in [1.82, 2.24) is 20.5 Å². The van der Waals surface area contributed by atoms with Crippen molar-refractivity contribution in [2.24, 2.45) is 5.92 Å². The molecule has 0 fully saturated rings. The van der Waals surface area contributed by atoms with Crippen molar-refractivity contribution in [3.63, 3.8) is 0 Å². The standard InChI is InChI=1S/C29H34N4O3/c1-5-17(4)30-27(34)23(14-16(2)3)32-28(35)24-15-21-18-10-8-9-13-22(18)31-25(21)26-19-11-6-7-12-20(19)29(36)33(24)26/h6-13,16-17,23-24,26,31H,5,14-15H2,1-4H3,(H,30,34)(H,32,35)/t17-,23-,24+,26+/m0/s1. The third-order valence-corrected chi connectivity index (χ3v) is 7.50. The van der Waals surface area contributed by atoms with Crippen LogP contribution in [-0.2, 0) is 16.0 Å². The van der Waals surface area contributed by atoms with Crippen LogP contribution in [0.5, 0.6) is 0 Å². The van der Waals surface area contributed by atoms with Gasteiger partial charge in [-0.05, 0) is 48.9 Å². The van der Waals surface area contributed by atoms with Crippen molar-refractivity contribution in [3.05, 3.63) is 70.9 Å². The lowest BCUT2D eigenvalue weighted by Gasteiger charge is -2.38. The number of amides is 3. The van der Waals surface area contributed by atoms with Gasteiger partial charge < -0.3 is 20.5 Å². The van der Waals surface area contributed by atoms with Gasteiger partial charge in [0.05, 0.1) is 6.04 Å². The summed E-state index contributed by atoms with van der Waals surface area (Å²) in [6.07, 6.45) is 1.72. The van der Waals surface area contributed by atoms with E-state index in [0.717, 1.165) is 34.1 Å². The van der Waals surface area contributed by atoms with Gasteiger partial charge in [0.25, 0.3) is 5.91 Å². The highest BCUT2D eigenvalue weighted by Gasteiger charge is 2.49. The fourth-order valence-corrected chi connectivity index (χ4v) is 5.55. The summed E-state index contributed by atoms with van der Waals surface area (Å²) in [5.41, 5.74) is 4.54. The van der Waals surface area contributed by atoms with Crippen molar-refractivity contribution in [3.8, 4) is 0 Å². The SMILES string of the molecule is CC[C@H](C)NC(=O)[C@H](CC(C)C)NC(=O)[C@H]1Cc2c([nH]c3ccccc23)[C@H]2c3ccccc3C(=O)N21. The molecule has 1 aromatic heterocycles. The lowest BCUT2D eigenvalue weighted by atomic mass is 9.89. The zero-order chi connectivity index (χ0) is 25.6. The first-order chi connectivity index (χ1) is 17.3. The average Bonchev–Trinajstić information content (AvgIpc) is 3.38. The molecule has 0 radical (unpaired) electrons. The van der Waals surface area contributed by atoms with E-state index in [1.807, 2.05) is 70.2 Å². The third kappa shape index (κ3) is 4.06. The highest BCUT2D eigenvalue weighted by Crippen LogP contribution is 2.46. The topological polar surface area (TPSA) is 94.3 Å². The maximum absolute atomic E-state index is 13.9. The average molecular weight is 487 g/mol. The Hall–Kier alpha value is -3.61. The second-order valence-corrected chi connectivity index (χ2v) is 10.5. The number of rotatable bonds is 7. The van der Waals surface area contributed by atoms with Crippen LogP contribution in [0.4, 0.5) is 0 Å². The molecule has 4 atom stereocenters. The molecule has 2 aliphatic rings. The van der Waals surface area contributed by atoms with Gasteiger partial charge in [-0.25, -0.2) is 0 Å². The van der Waals surface area contributed by atoms with Crippen LogP contribution in [0.15, 0.2) is 48.5 Å². The van der Waals surface area contributed by atoms with E-state index in [0.29, 0.717) is 18.4 Å². The summed E-state index contributed by atoms with van der Waals surface area (Å²) in [6, 6.07) is 13.9. The number of hydrogen-bond acceptors (Lipinski definition) is 3. The fraction of sp³-hybridized carbons (Fsp3) is 0.414. The predicted octanol–water partition coefficient (Wildman–Crippen LogP) is 4.08. The molecule has 0 saturated heterocycles. The quantitative estimate of drug-likeness (QED) is 0.470. The molecular weight excluding hydrogens is 452 g/mol. The Labute approximate surface area is 211 Å². The molecule has 3 heterocycles. The number of fused-ring (bicyclic) bond motifs is 7. The molecule has 7 nitrogen and oxygen atoms in total. The number of nitrogens with zero attached hydrogens (tertiary/aromatic N) is 1. The lowest BCUT2D eigenvalue weighted by molar-refractivity contribution is -0.132. The number of carbonyl (C=O) groups excluding carboxylic acids is 3. The molecular formula is C29H34N4O3. The van der Waals surface area contributed by atoms with Gasteiger partial charge in [-0.15, -0.1) is 0 Å². The Balaban J connectivity index is 1.53. The fourth-order valence-electron chi connectivity index (χ4n) is 5.55. The summed E-state index contributed by atoms with van der Waals surface area (Å²) in [6.45, 7) is 8.03. The molecule has 36 heavy (non-hydrogen) atoms. The molecule has 0 bridgehead atoms. The smallest absolute Gasteiger partial charge is 0.255 e. The van der Waals surface area contributed by atoms with Crippen LogP contribution in [-0.4, -0.2) is 45.7 Å². The van der Waals surface area contributed by atoms with E-state index in [1.54, 1.807) is 4.90 Å². The van der Waals surface area contributed by atoms with Crippen LogP contribution >= 0.6 is 0 Å². The second kappa shape index (κ2) is 9.45. The molecule has 0 unspecified atom stereocenters. The molecule has 0 spiro atoms. The van der Waals surface area contributed by atoms with Crippen LogP contribution in [0.3, 0.4) is 0 Å². The lowest BCUT2D eigenvalue weighted by Crippen LogP contribution is -2.57.